The third kappa shape index (κ3) is 5.48. The number of para-hydroxylation sites is 1. The van der Waals surface area contributed by atoms with Gasteiger partial charge in [0, 0.05) is 11.8 Å². The number of hydrogen-bond acceptors (Lipinski definition) is 4. The second-order valence-electron chi connectivity index (χ2n) is 6.98. The van der Waals surface area contributed by atoms with Gasteiger partial charge >= 0.3 is 6.09 Å². The maximum absolute atomic E-state index is 14.2. The molecule has 0 atom stereocenters. The van der Waals surface area contributed by atoms with Crippen LogP contribution in [-0.4, -0.2) is 28.9 Å². The highest BCUT2D eigenvalue weighted by Gasteiger charge is 2.21. The molecule has 0 aliphatic rings. The van der Waals surface area contributed by atoms with Gasteiger partial charge < -0.3 is 9.47 Å². The summed E-state index contributed by atoms with van der Waals surface area (Å²) in [7, 11) is 0. The van der Waals surface area contributed by atoms with Crippen LogP contribution in [0, 0.1) is 24.4 Å². The Bertz CT molecular complexity index is 1210. The van der Waals surface area contributed by atoms with Gasteiger partial charge in [0.2, 0.25) is 0 Å². The van der Waals surface area contributed by atoms with Gasteiger partial charge in [-0.15, -0.1) is 0 Å². The zero-order valence-electron chi connectivity index (χ0n) is 17.8. The highest BCUT2D eigenvalue weighted by Crippen LogP contribution is 2.26. The quantitative estimate of drug-likeness (QED) is 0.435. The maximum Gasteiger partial charge on any atom is 0.412 e. The number of rotatable bonds is 7. The number of amides is 1. The Morgan fingerprint density at radius 2 is 1.76 bits per heavy atom. The fourth-order valence-corrected chi connectivity index (χ4v) is 3.34. The van der Waals surface area contributed by atoms with Crippen LogP contribution in [0.4, 0.5) is 18.0 Å². The predicted molar refractivity (Wildman–Crippen MR) is 116 cm³/mol. The number of carbonyl (C=O) groups excluding carboxylic acids is 1. The minimum Gasteiger partial charge on any atom is -0.471 e. The molecule has 2 aromatic carbocycles. The molecule has 174 valence electrons. The molecule has 0 saturated heterocycles. The zero-order valence-corrected chi connectivity index (χ0v) is 18.5. The van der Waals surface area contributed by atoms with E-state index in [0.29, 0.717) is 5.56 Å². The largest absolute Gasteiger partial charge is 0.471 e. The molecule has 0 radical (unpaired) electrons. The van der Waals surface area contributed by atoms with Crippen LogP contribution in [0.15, 0.2) is 53.3 Å². The van der Waals surface area contributed by atoms with Gasteiger partial charge in [0.05, 0.1) is 13.2 Å². The molecular weight excluding hydrogens is 461 g/mol. The van der Waals surface area contributed by atoms with Gasteiger partial charge in [-0.3, -0.25) is 14.3 Å². The van der Waals surface area contributed by atoms with E-state index < -0.39 is 39.8 Å². The Hall–Kier alpha value is -3.46. The Morgan fingerprint density at radius 3 is 2.39 bits per heavy atom. The number of aryl methyl sites for hydroxylation is 1. The van der Waals surface area contributed by atoms with Crippen molar-refractivity contribution in [2.75, 3.05) is 13.3 Å². The minimum atomic E-state index is -0.937. The van der Waals surface area contributed by atoms with E-state index >= 15 is 0 Å². The van der Waals surface area contributed by atoms with Crippen molar-refractivity contribution in [2.24, 2.45) is 0 Å². The molecule has 3 aromatic rings. The maximum atomic E-state index is 14.2. The van der Waals surface area contributed by atoms with Crippen LogP contribution < -0.4 is 10.3 Å². The van der Waals surface area contributed by atoms with Gasteiger partial charge in [0.15, 0.2) is 6.73 Å². The van der Waals surface area contributed by atoms with Crippen molar-refractivity contribution in [3.63, 3.8) is 0 Å². The Labute approximate surface area is 192 Å². The standard InChI is InChI=1S/C23H20ClF3N2O4/c1-3-32-23(31)28(12-15-6-4-7-16(25)11-15)13-33-19-10-14(2)29(22(30)20(19)24)21-17(26)8-5-9-18(21)27/h4-11H,3,12-13H2,1-2H3. The summed E-state index contributed by atoms with van der Waals surface area (Å²) in [6.45, 7) is 2.76. The van der Waals surface area contributed by atoms with Crippen molar-refractivity contribution < 1.29 is 27.4 Å². The lowest BCUT2D eigenvalue weighted by molar-refractivity contribution is 0.0692. The lowest BCUT2D eigenvalue weighted by atomic mass is 10.2. The Balaban J connectivity index is 1.90. The second-order valence-corrected chi connectivity index (χ2v) is 7.35. The number of pyridine rings is 1. The average Bonchev–Trinajstić information content (AvgIpc) is 2.76. The van der Waals surface area contributed by atoms with Crippen molar-refractivity contribution in [1.29, 1.82) is 0 Å². The molecule has 0 N–H and O–H groups in total. The van der Waals surface area contributed by atoms with E-state index in [1.807, 2.05) is 0 Å². The zero-order chi connectivity index (χ0) is 24.1. The summed E-state index contributed by atoms with van der Waals surface area (Å²) in [5, 5.41) is -0.433. The molecule has 0 fully saturated rings. The van der Waals surface area contributed by atoms with Gasteiger partial charge in [-0.1, -0.05) is 29.8 Å². The number of nitrogens with zero attached hydrogens (tertiary/aromatic N) is 2. The monoisotopic (exact) mass is 480 g/mol. The van der Waals surface area contributed by atoms with Crippen molar-refractivity contribution in [3.8, 4) is 11.4 Å². The van der Waals surface area contributed by atoms with Crippen LogP contribution in [0.1, 0.15) is 18.2 Å². The van der Waals surface area contributed by atoms with Crippen LogP contribution in [0.2, 0.25) is 5.02 Å². The molecule has 0 unspecified atom stereocenters. The van der Waals surface area contributed by atoms with Gasteiger partial charge in [0.25, 0.3) is 5.56 Å². The second kappa shape index (κ2) is 10.4. The van der Waals surface area contributed by atoms with Crippen LogP contribution in [-0.2, 0) is 11.3 Å². The fraction of sp³-hybridized carbons (Fsp3) is 0.217. The fourth-order valence-electron chi connectivity index (χ4n) is 3.15. The molecule has 0 aliphatic heterocycles. The van der Waals surface area contributed by atoms with E-state index in [4.69, 9.17) is 21.1 Å². The Morgan fingerprint density at radius 1 is 1.09 bits per heavy atom. The van der Waals surface area contributed by atoms with E-state index in [1.165, 1.54) is 37.3 Å². The smallest absolute Gasteiger partial charge is 0.412 e. The molecular formula is C23H20ClF3N2O4. The van der Waals surface area contributed by atoms with E-state index in [9.17, 15) is 22.8 Å². The van der Waals surface area contributed by atoms with Crippen LogP contribution in [0.5, 0.6) is 5.75 Å². The molecule has 0 aliphatic carbocycles. The average molecular weight is 481 g/mol. The minimum absolute atomic E-state index is 0.0370. The van der Waals surface area contributed by atoms with E-state index in [-0.39, 0.29) is 31.3 Å². The number of halogens is 4. The highest BCUT2D eigenvalue weighted by atomic mass is 35.5. The SMILES string of the molecule is CCOC(=O)N(COc1cc(C)n(-c2c(F)cccc2F)c(=O)c1Cl)Cc1cccc(F)c1. The molecule has 6 nitrogen and oxygen atoms in total. The first kappa shape index (κ1) is 24.2. The number of benzene rings is 2. The lowest BCUT2D eigenvalue weighted by Gasteiger charge is -2.23. The molecule has 0 saturated carbocycles. The summed E-state index contributed by atoms with van der Waals surface area (Å²) >= 11 is 6.14. The molecule has 1 amide bonds. The number of hydrogen-bond donors (Lipinski definition) is 0. The van der Waals surface area contributed by atoms with Gasteiger partial charge in [-0.05, 0) is 43.7 Å². The predicted octanol–water partition coefficient (Wildman–Crippen LogP) is 5.21. The molecule has 10 heteroatoms. The van der Waals surface area contributed by atoms with E-state index in [2.05, 4.69) is 0 Å². The normalized spacial score (nSPS) is 10.7. The van der Waals surface area contributed by atoms with Gasteiger partial charge in [0.1, 0.15) is 33.9 Å². The number of carbonyl (C=O) groups is 1. The van der Waals surface area contributed by atoms with E-state index in [1.54, 1.807) is 13.0 Å². The summed E-state index contributed by atoms with van der Waals surface area (Å²) in [6.07, 6.45) is -0.726. The van der Waals surface area contributed by atoms with Crippen LogP contribution >= 0.6 is 11.6 Å². The highest BCUT2D eigenvalue weighted by molar-refractivity contribution is 6.31. The van der Waals surface area contributed by atoms with Gasteiger partial charge in [-0.2, -0.15) is 0 Å². The van der Waals surface area contributed by atoms with Crippen molar-refractivity contribution in [3.05, 3.63) is 92.6 Å². The first-order valence-electron chi connectivity index (χ1n) is 9.88. The third-order valence-electron chi connectivity index (χ3n) is 4.63. The first-order valence-corrected chi connectivity index (χ1v) is 10.3. The number of aromatic nitrogens is 1. The van der Waals surface area contributed by atoms with Gasteiger partial charge in [-0.25, -0.2) is 18.0 Å². The van der Waals surface area contributed by atoms with Crippen molar-refractivity contribution in [2.45, 2.75) is 20.4 Å². The molecule has 1 aromatic heterocycles. The molecule has 1 heterocycles. The van der Waals surface area contributed by atoms with Crippen LogP contribution in [0.3, 0.4) is 0 Å². The Kier molecular flexibility index (Phi) is 7.65. The molecule has 0 bridgehead atoms. The lowest BCUT2D eigenvalue weighted by Crippen LogP contribution is -2.35. The molecule has 0 spiro atoms. The summed E-state index contributed by atoms with van der Waals surface area (Å²) in [4.78, 5) is 26.3. The first-order chi connectivity index (χ1) is 15.7. The molecule has 33 heavy (non-hydrogen) atoms. The number of ether oxygens (including phenoxy) is 2. The third-order valence-corrected chi connectivity index (χ3v) is 4.97. The van der Waals surface area contributed by atoms with Crippen molar-refractivity contribution >= 4 is 17.7 Å². The topological polar surface area (TPSA) is 60.8 Å². The molecule has 3 rings (SSSR count). The van der Waals surface area contributed by atoms with E-state index in [0.717, 1.165) is 21.6 Å². The summed E-state index contributed by atoms with van der Waals surface area (Å²) in [6, 6.07) is 10.2. The van der Waals surface area contributed by atoms with Crippen LogP contribution in [0.25, 0.3) is 5.69 Å². The summed E-state index contributed by atoms with van der Waals surface area (Å²) in [5.74, 6) is -2.44. The summed E-state index contributed by atoms with van der Waals surface area (Å²) in [5.41, 5.74) is -0.827. The van der Waals surface area contributed by atoms with Crippen molar-refractivity contribution in [1.82, 2.24) is 9.47 Å². The summed E-state index contributed by atoms with van der Waals surface area (Å²) < 4.78 is 53.3.